The number of hydrogen-bond donors (Lipinski definition) is 2. The highest BCUT2D eigenvalue weighted by Gasteiger charge is 2.17. The number of hydrogen-bond acceptors (Lipinski definition) is 5. The van der Waals surface area contributed by atoms with E-state index < -0.39 is 17.8 Å². The number of aliphatic carboxylic acids is 1. The highest BCUT2D eigenvalue weighted by molar-refractivity contribution is 7.98. The van der Waals surface area contributed by atoms with E-state index in [1.165, 1.54) is 24.9 Å². The Hall–Kier alpha value is -1.34. The summed E-state index contributed by atoms with van der Waals surface area (Å²) in [6.45, 7) is 1.51. The van der Waals surface area contributed by atoms with Crippen LogP contribution in [-0.4, -0.2) is 39.8 Å². The minimum Gasteiger partial charge on any atom is -0.481 e. The first-order chi connectivity index (χ1) is 8.45. The average Bonchev–Trinajstić information content (AvgIpc) is 2.35. The number of nitrogens with zero attached hydrogens (tertiary/aromatic N) is 2. The molecular formula is C10H12ClN3O3S. The van der Waals surface area contributed by atoms with E-state index in [9.17, 15) is 9.59 Å². The summed E-state index contributed by atoms with van der Waals surface area (Å²) in [5.74, 6) is -2.16. The second kappa shape index (κ2) is 6.55. The molecule has 0 spiro atoms. The third-order valence-electron chi connectivity index (χ3n) is 2.11. The van der Waals surface area contributed by atoms with Crippen LogP contribution in [0, 0.1) is 5.92 Å². The lowest BCUT2D eigenvalue weighted by Gasteiger charge is -2.09. The molecule has 1 heterocycles. The number of amides is 1. The number of nitrogens with one attached hydrogen (secondary N) is 1. The van der Waals surface area contributed by atoms with Crippen molar-refractivity contribution in [2.75, 3.05) is 12.8 Å². The van der Waals surface area contributed by atoms with Crippen LogP contribution in [0.1, 0.15) is 17.4 Å². The molecule has 1 rings (SSSR count). The van der Waals surface area contributed by atoms with Crippen LogP contribution in [0.15, 0.2) is 11.4 Å². The number of rotatable bonds is 5. The standard InChI is InChI=1S/C10H12ClN3O3S/c1-5(9(16)17)3-12-8(15)7-6(11)4-13-10(14-7)18-2/h4-5H,3H2,1-2H3,(H,12,15)(H,16,17). The fraction of sp³-hybridized carbons (Fsp3) is 0.400. The Morgan fingerprint density at radius 1 is 1.61 bits per heavy atom. The summed E-state index contributed by atoms with van der Waals surface area (Å²) in [7, 11) is 0. The van der Waals surface area contributed by atoms with Crippen molar-refractivity contribution in [1.29, 1.82) is 0 Å². The zero-order chi connectivity index (χ0) is 13.7. The SMILES string of the molecule is CSc1ncc(Cl)c(C(=O)NCC(C)C(=O)O)n1. The van der Waals surface area contributed by atoms with E-state index in [4.69, 9.17) is 16.7 Å². The first-order valence-corrected chi connectivity index (χ1v) is 6.63. The molecular weight excluding hydrogens is 278 g/mol. The molecule has 1 amide bonds. The maximum Gasteiger partial charge on any atom is 0.308 e. The van der Waals surface area contributed by atoms with Crippen LogP contribution in [0.2, 0.25) is 5.02 Å². The molecule has 18 heavy (non-hydrogen) atoms. The minimum atomic E-state index is -0.978. The summed E-state index contributed by atoms with van der Waals surface area (Å²) in [5.41, 5.74) is 0.0496. The number of carboxylic acids is 1. The fourth-order valence-electron chi connectivity index (χ4n) is 1.03. The van der Waals surface area contributed by atoms with Crippen molar-refractivity contribution in [2.45, 2.75) is 12.1 Å². The Labute approximate surface area is 113 Å². The lowest BCUT2D eigenvalue weighted by Crippen LogP contribution is -2.32. The highest BCUT2D eigenvalue weighted by atomic mass is 35.5. The Morgan fingerprint density at radius 3 is 2.83 bits per heavy atom. The molecule has 1 unspecified atom stereocenters. The largest absolute Gasteiger partial charge is 0.481 e. The number of carbonyl (C=O) groups excluding carboxylic acids is 1. The van der Waals surface area contributed by atoms with Crippen LogP contribution in [0.5, 0.6) is 0 Å². The van der Waals surface area contributed by atoms with Crippen LogP contribution in [0.25, 0.3) is 0 Å². The van der Waals surface area contributed by atoms with Crippen LogP contribution in [-0.2, 0) is 4.79 Å². The van der Waals surface area contributed by atoms with Crippen LogP contribution >= 0.6 is 23.4 Å². The molecule has 6 nitrogen and oxygen atoms in total. The summed E-state index contributed by atoms with van der Waals surface area (Å²) in [6.07, 6.45) is 3.12. The maximum absolute atomic E-state index is 11.8. The van der Waals surface area contributed by atoms with E-state index in [1.807, 2.05) is 0 Å². The maximum atomic E-state index is 11.8. The molecule has 1 aromatic rings. The van der Waals surface area contributed by atoms with Crippen LogP contribution in [0.4, 0.5) is 0 Å². The van der Waals surface area contributed by atoms with Gasteiger partial charge in [0.25, 0.3) is 5.91 Å². The molecule has 0 radical (unpaired) electrons. The monoisotopic (exact) mass is 289 g/mol. The Kier molecular flexibility index (Phi) is 5.36. The topological polar surface area (TPSA) is 92.2 Å². The number of carboxylic acid groups (broad SMARTS) is 1. The zero-order valence-electron chi connectivity index (χ0n) is 9.81. The third kappa shape index (κ3) is 3.85. The molecule has 0 bridgehead atoms. The summed E-state index contributed by atoms with van der Waals surface area (Å²) >= 11 is 7.10. The summed E-state index contributed by atoms with van der Waals surface area (Å²) < 4.78 is 0. The Morgan fingerprint density at radius 2 is 2.28 bits per heavy atom. The van der Waals surface area contributed by atoms with Crippen LogP contribution in [0.3, 0.4) is 0 Å². The van der Waals surface area contributed by atoms with Crippen molar-refractivity contribution >= 4 is 35.2 Å². The van der Waals surface area contributed by atoms with Crippen molar-refractivity contribution in [1.82, 2.24) is 15.3 Å². The first-order valence-electron chi connectivity index (χ1n) is 5.03. The molecule has 2 N–H and O–H groups in total. The van der Waals surface area contributed by atoms with Gasteiger partial charge in [-0.05, 0) is 6.26 Å². The highest BCUT2D eigenvalue weighted by Crippen LogP contribution is 2.16. The van der Waals surface area contributed by atoms with Gasteiger partial charge in [0.15, 0.2) is 10.9 Å². The van der Waals surface area contributed by atoms with E-state index in [1.54, 1.807) is 6.26 Å². The van der Waals surface area contributed by atoms with Crippen LogP contribution < -0.4 is 5.32 Å². The Balaban J connectivity index is 2.75. The number of carbonyl (C=O) groups is 2. The van der Waals surface area contributed by atoms with E-state index in [2.05, 4.69) is 15.3 Å². The molecule has 1 atom stereocenters. The van der Waals surface area contributed by atoms with Crippen molar-refractivity contribution in [2.24, 2.45) is 5.92 Å². The second-order valence-corrected chi connectivity index (χ2v) is 4.68. The fourth-order valence-corrected chi connectivity index (χ4v) is 1.54. The summed E-state index contributed by atoms with van der Waals surface area (Å²) in [5, 5.41) is 11.7. The molecule has 98 valence electrons. The third-order valence-corrected chi connectivity index (χ3v) is 2.95. The minimum absolute atomic E-state index is 0.0170. The molecule has 0 aliphatic rings. The van der Waals surface area contributed by atoms with E-state index >= 15 is 0 Å². The van der Waals surface area contributed by atoms with Crippen molar-refractivity contribution in [3.8, 4) is 0 Å². The molecule has 0 aliphatic carbocycles. The van der Waals surface area contributed by atoms with Gasteiger partial charge in [0.05, 0.1) is 17.1 Å². The number of aromatic nitrogens is 2. The normalized spacial score (nSPS) is 11.9. The van der Waals surface area contributed by atoms with E-state index in [0.717, 1.165) is 0 Å². The summed E-state index contributed by atoms with van der Waals surface area (Å²) in [6, 6.07) is 0. The average molecular weight is 290 g/mol. The van der Waals surface area contributed by atoms with Crippen molar-refractivity contribution in [3.63, 3.8) is 0 Å². The van der Waals surface area contributed by atoms with Crippen molar-refractivity contribution < 1.29 is 14.7 Å². The van der Waals surface area contributed by atoms with Gasteiger partial charge in [-0.1, -0.05) is 30.3 Å². The Bertz CT molecular complexity index is 470. The quantitative estimate of drug-likeness (QED) is 0.627. The first kappa shape index (κ1) is 14.7. The number of thioether (sulfide) groups is 1. The zero-order valence-corrected chi connectivity index (χ0v) is 11.4. The molecule has 0 saturated heterocycles. The van der Waals surface area contributed by atoms with Gasteiger partial charge in [-0.2, -0.15) is 0 Å². The molecule has 1 aromatic heterocycles. The lowest BCUT2D eigenvalue weighted by molar-refractivity contribution is -0.140. The van der Waals surface area contributed by atoms with Gasteiger partial charge < -0.3 is 10.4 Å². The predicted octanol–water partition coefficient (Wildman–Crippen LogP) is 1.30. The van der Waals surface area contributed by atoms with Gasteiger partial charge in [0.2, 0.25) is 0 Å². The van der Waals surface area contributed by atoms with Gasteiger partial charge in [-0.25, -0.2) is 9.97 Å². The molecule has 0 aliphatic heterocycles. The van der Waals surface area contributed by atoms with Crippen molar-refractivity contribution in [3.05, 3.63) is 16.9 Å². The van der Waals surface area contributed by atoms with Gasteiger partial charge in [0, 0.05) is 6.54 Å². The summed E-state index contributed by atoms with van der Waals surface area (Å²) in [4.78, 5) is 30.3. The predicted molar refractivity (Wildman–Crippen MR) is 68.0 cm³/mol. The van der Waals surface area contributed by atoms with Gasteiger partial charge >= 0.3 is 5.97 Å². The smallest absolute Gasteiger partial charge is 0.308 e. The molecule has 8 heteroatoms. The van der Waals surface area contributed by atoms with E-state index in [-0.39, 0.29) is 17.3 Å². The van der Waals surface area contributed by atoms with Gasteiger partial charge in [-0.15, -0.1) is 0 Å². The molecule has 0 fully saturated rings. The van der Waals surface area contributed by atoms with E-state index in [0.29, 0.717) is 5.16 Å². The van der Waals surface area contributed by atoms with Gasteiger partial charge in [-0.3, -0.25) is 9.59 Å². The molecule has 0 saturated carbocycles. The molecule has 0 aromatic carbocycles. The number of halogens is 1. The van der Waals surface area contributed by atoms with Gasteiger partial charge in [0.1, 0.15) is 0 Å². The second-order valence-electron chi connectivity index (χ2n) is 3.50. The lowest BCUT2D eigenvalue weighted by atomic mass is 10.2.